The van der Waals surface area contributed by atoms with Crippen LogP contribution in [0.4, 0.5) is 0 Å². The van der Waals surface area contributed by atoms with Gasteiger partial charge in [0.15, 0.2) is 0 Å². The molecule has 0 radical (unpaired) electrons. The van der Waals surface area contributed by atoms with Crippen LogP contribution in [0.2, 0.25) is 0 Å². The van der Waals surface area contributed by atoms with Crippen molar-refractivity contribution < 1.29 is 35.4 Å². The molecule has 4 aliphatic carbocycles. The first kappa shape index (κ1) is 36.8. The molecule has 286 valence electrons. The SMILES string of the molecule is O=C(O)c1ccc(O)cc1.[CH-]1CCCC2C3NC(NC4NC(NC5NC(NC6NC(N3)C3CCCCC63)C3CCCCC53)C3CCCCC43)C12.[Pd]. The largest absolute Gasteiger partial charge is 0.508 e. The molecule has 5 saturated heterocycles. The molecule has 5 heterocycles. The van der Waals surface area contributed by atoms with E-state index in [-0.39, 0.29) is 31.7 Å². The van der Waals surface area contributed by atoms with E-state index in [4.69, 9.17) is 10.2 Å². The summed E-state index contributed by atoms with van der Waals surface area (Å²) in [6.07, 6.45) is 26.4. The number of fused-ring (bicyclic) bond motifs is 20. The third kappa shape index (κ3) is 7.34. The fraction of sp³-hybridized carbons (Fsp3) is 0.795. The fourth-order valence-electron chi connectivity index (χ4n) is 12.3. The van der Waals surface area contributed by atoms with E-state index in [0.717, 1.165) is 35.5 Å². The van der Waals surface area contributed by atoms with Gasteiger partial charge in [0.2, 0.25) is 0 Å². The molecule has 0 spiro atoms. The first-order valence-electron chi connectivity index (χ1n) is 20.4. The van der Waals surface area contributed by atoms with Crippen LogP contribution in [0.1, 0.15) is 107 Å². The first-order chi connectivity index (χ1) is 24.5. The fourth-order valence-corrected chi connectivity index (χ4v) is 12.3. The minimum atomic E-state index is -0.986. The number of phenols is 1. The Morgan fingerprint density at radius 1 is 0.490 bits per heavy atom. The van der Waals surface area contributed by atoms with Gasteiger partial charge in [-0.1, -0.05) is 51.4 Å². The number of phenolic OH excluding ortho intramolecular Hbond substituents is 1. The van der Waals surface area contributed by atoms with Crippen LogP contribution >= 0.6 is 0 Å². The van der Waals surface area contributed by atoms with E-state index in [1.807, 2.05) is 0 Å². The van der Waals surface area contributed by atoms with Crippen LogP contribution in [0, 0.1) is 53.8 Å². The van der Waals surface area contributed by atoms with E-state index >= 15 is 0 Å². The molecule has 16 atom stereocenters. The van der Waals surface area contributed by atoms with E-state index in [9.17, 15) is 4.79 Å². The molecule has 4 saturated carbocycles. The second-order valence-corrected chi connectivity index (χ2v) is 17.3. The Hall–Kier alpha value is -1.17. The average molecular weight is 796 g/mol. The molecule has 10 N–H and O–H groups in total. The number of hydrogen-bond acceptors (Lipinski definition) is 10. The summed E-state index contributed by atoms with van der Waals surface area (Å²) in [5.41, 5.74) is 0.179. The smallest absolute Gasteiger partial charge is 0.335 e. The van der Waals surface area contributed by atoms with Gasteiger partial charge >= 0.3 is 5.97 Å². The van der Waals surface area contributed by atoms with Gasteiger partial charge < -0.3 is 16.6 Å². The molecule has 9 aliphatic rings. The third-order valence-corrected chi connectivity index (χ3v) is 14.7. The van der Waals surface area contributed by atoms with E-state index in [1.165, 1.54) is 121 Å². The Balaban J connectivity index is 0.000000297. The van der Waals surface area contributed by atoms with Gasteiger partial charge in [0.05, 0.1) is 48.7 Å². The van der Waals surface area contributed by atoms with Crippen molar-refractivity contribution in [2.45, 2.75) is 146 Å². The Morgan fingerprint density at radius 3 is 1.16 bits per heavy atom. The quantitative estimate of drug-likeness (QED) is 0.150. The summed E-state index contributed by atoms with van der Waals surface area (Å²) in [6.45, 7) is 0. The molecule has 1 aromatic rings. The second-order valence-electron chi connectivity index (χ2n) is 17.3. The third-order valence-electron chi connectivity index (χ3n) is 14.7. The van der Waals surface area contributed by atoms with Gasteiger partial charge in [0.1, 0.15) is 5.75 Å². The summed E-state index contributed by atoms with van der Waals surface area (Å²) < 4.78 is 0. The van der Waals surface area contributed by atoms with Crippen LogP contribution in [0.3, 0.4) is 0 Å². The van der Waals surface area contributed by atoms with Crippen LogP contribution in [-0.4, -0.2) is 65.5 Å². The molecule has 0 amide bonds. The van der Waals surface area contributed by atoms with Crippen LogP contribution in [0.15, 0.2) is 24.3 Å². The van der Waals surface area contributed by atoms with E-state index in [0.29, 0.717) is 61.2 Å². The molecule has 9 fully saturated rings. The predicted molar refractivity (Wildman–Crippen MR) is 192 cm³/mol. The van der Waals surface area contributed by atoms with Crippen molar-refractivity contribution >= 4 is 5.97 Å². The summed E-state index contributed by atoms with van der Waals surface area (Å²) in [4.78, 5) is 10.2. The molecule has 16 unspecified atom stereocenters. The number of carboxylic acids is 1. The number of carboxylic acid groups (broad SMARTS) is 1. The Morgan fingerprint density at radius 2 is 0.804 bits per heavy atom. The second kappa shape index (κ2) is 15.9. The zero-order valence-electron chi connectivity index (χ0n) is 29.8. The van der Waals surface area contributed by atoms with Crippen LogP contribution in [-0.2, 0) is 20.4 Å². The molecule has 8 bridgehead atoms. The Kier molecular flexibility index (Phi) is 11.5. The van der Waals surface area contributed by atoms with Gasteiger partial charge in [-0.05, 0) is 104 Å². The molecular formula is C39H61N8O3Pd-. The molecule has 0 aromatic heterocycles. The monoisotopic (exact) mass is 795 g/mol. The van der Waals surface area contributed by atoms with Crippen LogP contribution < -0.4 is 42.5 Å². The standard InChI is InChI=1S/C32H55N8.C7H6O3.Pd/c1-2-10-18-17(9-1)25-33-26(18)38-28-21-13-5-6-14-22(21)30(35-28)40-32-24-16-8-7-15-23(24)31(36-32)39-29-20-12-4-3-11-19(20)27(34-29)37-25;8-6-3-1-5(2-4-6)7(9)10;/h9,17-40H,1-8,10-16H2;1-4,8H,(H,9,10);/q-1;;. The number of benzene rings is 1. The maximum absolute atomic E-state index is 10.2. The minimum absolute atomic E-state index is 0. The van der Waals surface area contributed by atoms with Gasteiger partial charge in [-0.25, -0.2) is 4.79 Å². The topological polar surface area (TPSA) is 154 Å². The predicted octanol–water partition coefficient (Wildman–Crippen LogP) is 3.51. The van der Waals surface area contributed by atoms with Crippen molar-refractivity contribution in [2.24, 2.45) is 47.3 Å². The number of rotatable bonds is 1. The van der Waals surface area contributed by atoms with Crippen molar-refractivity contribution in [3.05, 3.63) is 36.2 Å². The van der Waals surface area contributed by atoms with Crippen molar-refractivity contribution in [1.29, 1.82) is 0 Å². The van der Waals surface area contributed by atoms with Gasteiger partial charge in [0.25, 0.3) is 0 Å². The summed E-state index contributed by atoms with van der Waals surface area (Å²) in [6, 6.07) is 5.36. The molecule has 5 aliphatic heterocycles. The van der Waals surface area contributed by atoms with Gasteiger partial charge in [-0.3, -0.25) is 42.5 Å². The van der Waals surface area contributed by atoms with Crippen LogP contribution in [0.5, 0.6) is 5.75 Å². The molecule has 10 rings (SSSR count). The molecule has 1 aromatic carbocycles. The maximum atomic E-state index is 10.2. The summed E-state index contributed by atoms with van der Waals surface area (Å²) in [7, 11) is 0. The van der Waals surface area contributed by atoms with Crippen molar-refractivity contribution in [3.63, 3.8) is 0 Å². The number of hydrogen-bond donors (Lipinski definition) is 10. The van der Waals surface area contributed by atoms with Crippen molar-refractivity contribution in [2.75, 3.05) is 0 Å². The first-order valence-corrected chi connectivity index (χ1v) is 20.4. The number of aromatic carboxylic acids is 1. The molecule has 11 nitrogen and oxygen atoms in total. The van der Waals surface area contributed by atoms with Gasteiger partial charge in [-0.15, -0.1) is 5.92 Å². The molecule has 12 heteroatoms. The normalized spacial score (nSPS) is 47.0. The van der Waals surface area contributed by atoms with E-state index < -0.39 is 5.97 Å². The van der Waals surface area contributed by atoms with Gasteiger partial charge in [-0.2, -0.15) is 6.42 Å². The zero-order valence-corrected chi connectivity index (χ0v) is 31.4. The maximum Gasteiger partial charge on any atom is 0.335 e. The van der Waals surface area contributed by atoms with Gasteiger partial charge in [0, 0.05) is 26.6 Å². The average Bonchev–Trinajstić information content (AvgIpc) is 3.88. The van der Waals surface area contributed by atoms with E-state index in [1.54, 1.807) is 0 Å². The number of nitrogens with one attached hydrogen (secondary N) is 8. The number of aromatic hydroxyl groups is 1. The Bertz CT molecular complexity index is 1130. The Labute approximate surface area is 317 Å². The summed E-state index contributed by atoms with van der Waals surface area (Å²) in [5.74, 6) is 4.83. The van der Waals surface area contributed by atoms with E-state index in [2.05, 4.69) is 49.0 Å². The molecular weight excluding hydrogens is 735 g/mol. The van der Waals surface area contributed by atoms with Crippen molar-refractivity contribution in [3.8, 4) is 5.75 Å². The minimum Gasteiger partial charge on any atom is -0.508 e. The molecule has 51 heavy (non-hydrogen) atoms. The summed E-state index contributed by atoms with van der Waals surface area (Å²) >= 11 is 0. The van der Waals surface area contributed by atoms with Crippen molar-refractivity contribution in [1.82, 2.24) is 42.5 Å². The zero-order chi connectivity index (χ0) is 33.8. The number of carbonyl (C=O) groups is 1. The summed E-state index contributed by atoms with van der Waals surface area (Å²) in [5, 5.41) is 50.8. The van der Waals surface area contributed by atoms with Crippen LogP contribution in [0.25, 0.3) is 0 Å².